The van der Waals surface area contributed by atoms with Crippen molar-refractivity contribution in [2.45, 2.75) is 25.3 Å². The third kappa shape index (κ3) is 2.58. The number of ether oxygens (including phenoxy) is 1. The fourth-order valence-electron chi connectivity index (χ4n) is 2.21. The molecule has 1 unspecified atom stereocenters. The standard InChI is InChI=1S/C11H19N3O/c1-14-11(2-5-13-14)10(12)8-9-3-6-15-7-4-9/h2,5,9-10H,3-4,6-8,12H2,1H3. The second kappa shape index (κ2) is 4.77. The molecule has 0 bridgehead atoms. The van der Waals surface area contributed by atoms with Crippen LogP contribution < -0.4 is 5.73 Å². The average molecular weight is 209 g/mol. The van der Waals surface area contributed by atoms with Gasteiger partial charge in [0.2, 0.25) is 0 Å². The molecular formula is C11H19N3O. The molecular weight excluding hydrogens is 190 g/mol. The van der Waals surface area contributed by atoms with Crippen LogP contribution in [-0.2, 0) is 11.8 Å². The minimum Gasteiger partial charge on any atom is -0.381 e. The van der Waals surface area contributed by atoms with Crippen LogP contribution in [0.2, 0.25) is 0 Å². The predicted octanol–water partition coefficient (Wildman–Crippen LogP) is 1.24. The molecule has 15 heavy (non-hydrogen) atoms. The summed E-state index contributed by atoms with van der Waals surface area (Å²) in [6.45, 7) is 1.78. The molecule has 2 N–H and O–H groups in total. The van der Waals surface area contributed by atoms with Crippen LogP contribution >= 0.6 is 0 Å². The van der Waals surface area contributed by atoms with Gasteiger partial charge in [0.05, 0.1) is 5.69 Å². The Hall–Kier alpha value is -0.870. The molecule has 84 valence electrons. The average Bonchev–Trinajstić information content (AvgIpc) is 2.66. The smallest absolute Gasteiger partial charge is 0.0548 e. The topological polar surface area (TPSA) is 53.1 Å². The van der Waals surface area contributed by atoms with E-state index in [2.05, 4.69) is 5.10 Å². The van der Waals surface area contributed by atoms with Crippen LogP contribution in [0.1, 0.15) is 31.0 Å². The lowest BCUT2D eigenvalue weighted by molar-refractivity contribution is 0.0616. The Morgan fingerprint density at radius 1 is 1.60 bits per heavy atom. The van der Waals surface area contributed by atoms with Gasteiger partial charge in [0.25, 0.3) is 0 Å². The van der Waals surface area contributed by atoms with Crippen LogP contribution in [0.15, 0.2) is 12.3 Å². The summed E-state index contributed by atoms with van der Waals surface area (Å²) in [5.74, 6) is 0.712. The lowest BCUT2D eigenvalue weighted by atomic mass is 9.92. The molecule has 2 rings (SSSR count). The number of nitrogens with two attached hydrogens (primary N) is 1. The van der Waals surface area contributed by atoms with Crippen LogP contribution in [-0.4, -0.2) is 23.0 Å². The van der Waals surface area contributed by atoms with E-state index in [-0.39, 0.29) is 6.04 Å². The second-order valence-corrected chi connectivity index (χ2v) is 4.28. The fraction of sp³-hybridized carbons (Fsp3) is 0.727. The lowest BCUT2D eigenvalue weighted by Gasteiger charge is -2.24. The van der Waals surface area contributed by atoms with Gasteiger partial charge in [-0.25, -0.2) is 0 Å². The van der Waals surface area contributed by atoms with Gasteiger partial charge in [-0.1, -0.05) is 0 Å². The number of hydrogen-bond acceptors (Lipinski definition) is 3. The molecule has 4 heteroatoms. The molecule has 0 aliphatic carbocycles. The first-order valence-electron chi connectivity index (χ1n) is 5.58. The summed E-state index contributed by atoms with van der Waals surface area (Å²) in [6.07, 6.45) is 5.14. The van der Waals surface area contributed by atoms with Crippen molar-refractivity contribution in [3.8, 4) is 0 Å². The van der Waals surface area contributed by atoms with Gasteiger partial charge < -0.3 is 10.5 Å². The van der Waals surface area contributed by atoms with E-state index < -0.39 is 0 Å². The second-order valence-electron chi connectivity index (χ2n) is 4.28. The Balaban J connectivity index is 1.91. The zero-order chi connectivity index (χ0) is 10.7. The molecule has 1 saturated heterocycles. The van der Waals surface area contributed by atoms with Crippen LogP contribution in [0.5, 0.6) is 0 Å². The first-order chi connectivity index (χ1) is 7.27. The van der Waals surface area contributed by atoms with Crippen molar-refractivity contribution < 1.29 is 4.74 Å². The molecule has 1 atom stereocenters. The van der Waals surface area contributed by atoms with E-state index in [9.17, 15) is 0 Å². The highest BCUT2D eigenvalue weighted by Crippen LogP contribution is 2.25. The number of rotatable bonds is 3. The summed E-state index contributed by atoms with van der Waals surface area (Å²) in [5, 5.41) is 4.14. The van der Waals surface area contributed by atoms with Gasteiger partial charge >= 0.3 is 0 Å². The maximum atomic E-state index is 6.17. The van der Waals surface area contributed by atoms with Crippen molar-refractivity contribution in [2.75, 3.05) is 13.2 Å². The summed E-state index contributed by atoms with van der Waals surface area (Å²) in [5.41, 5.74) is 7.30. The molecule has 4 nitrogen and oxygen atoms in total. The molecule has 0 spiro atoms. The Morgan fingerprint density at radius 2 is 2.33 bits per heavy atom. The molecule has 1 fully saturated rings. The first kappa shape index (κ1) is 10.6. The summed E-state index contributed by atoms with van der Waals surface area (Å²) in [6, 6.07) is 2.12. The largest absolute Gasteiger partial charge is 0.381 e. The summed E-state index contributed by atoms with van der Waals surface area (Å²) < 4.78 is 7.20. The van der Waals surface area contributed by atoms with Crippen LogP contribution in [0.4, 0.5) is 0 Å². The van der Waals surface area contributed by atoms with E-state index in [1.165, 1.54) is 0 Å². The van der Waals surface area contributed by atoms with Crippen molar-refractivity contribution in [2.24, 2.45) is 18.7 Å². The molecule has 2 heterocycles. The number of aryl methyl sites for hydroxylation is 1. The monoisotopic (exact) mass is 209 g/mol. The number of hydrogen-bond donors (Lipinski definition) is 1. The molecule has 0 aromatic carbocycles. The Labute approximate surface area is 90.4 Å². The van der Waals surface area contributed by atoms with Crippen LogP contribution in [0.25, 0.3) is 0 Å². The van der Waals surface area contributed by atoms with E-state index in [0.717, 1.165) is 38.2 Å². The van der Waals surface area contributed by atoms with Crippen molar-refractivity contribution >= 4 is 0 Å². The zero-order valence-electron chi connectivity index (χ0n) is 9.22. The Morgan fingerprint density at radius 3 is 2.93 bits per heavy atom. The predicted molar refractivity (Wildman–Crippen MR) is 58.3 cm³/mol. The minimum atomic E-state index is 0.112. The van der Waals surface area contributed by atoms with Gasteiger partial charge in [0, 0.05) is 32.5 Å². The first-order valence-corrected chi connectivity index (χ1v) is 5.58. The number of nitrogens with zero attached hydrogens (tertiary/aromatic N) is 2. The maximum absolute atomic E-state index is 6.17. The minimum absolute atomic E-state index is 0.112. The third-order valence-corrected chi connectivity index (χ3v) is 3.17. The summed E-state index contributed by atoms with van der Waals surface area (Å²) in [7, 11) is 1.94. The molecule has 1 aliphatic heterocycles. The molecule has 0 amide bonds. The van der Waals surface area contributed by atoms with Gasteiger partial charge in [0.15, 0.2) is 0 Å². The van der Waals surface area contributed by atoms with Crippen molar-refractivity contribution in [3.63, 3.8) is 0 Å². The molecule has 1 aliphatic rings. The quantitative estimate of drug-likeness (QED) is 0.814. The van der Waals surface area contributed by atoms with E-state index >= 15 is 0 Å². The normalized spacial score (nSPS) is 20.4. The molecule has 0 radical (unpaired) electrons. The summed E-state index contributed by atoms with van der Waals surface area (Å²) in [4.78, 5) is 0. The van der Waals surface area contributed by atoms with Crippen LogP contribution in [0.3, 0.4) is 0 Å². The lowest BCUT2D eigenvalue weighted by Crippen LogP contribution is -2.23. The highest BCUT2D eigenvalue weighted by molar-refractivity contribution is 5.05. The van der Waals surface area contributed by atoms with Gasteiger partial charge in [-0.2, -0.15) is 5.10 Å². The molecule has 1 aromatic heterocycles. The highest BCUT2D eigenvalue weighted by atomic mass is 16.5. The van der Waals surface area contributed by atoms with E-state index in [1.54, 1.807) is 6.20 Å². The van der Waals surface area contributed by atoms with E-state index in [1.807, 2.05) is 17.8 Å². The third-order valence-electron chi connectivity index (χ3n) is 3.17. The van der Waals surface area contributed by atoms with Crippen molar-refractivity contribution in [1.82, 2.24) is 9.78 Å². The maximum Gasteiger partial charge on any atom is 0.0548 e. The van der Waals surface area contributed by atoms with Crippen molar-refractivity contribution in [3.05, 3.63) is 18.0 Å². The Kier molecular flexibility index (Phi) is 3.38. The van der Waals surface area contributed by atoms with Gasteiger partial charge in [-0.3, -0.25) is 4.68 Å². The Bertz CT molecular complexity index is 305. The van der Waals surface area contributed by atoms with Crippen molar-refractivity contribution in [1.29, 1.82) is 0 Å². The van der Waals surface area contributed by atoms with E-state index in [4.69, 9.17) is 10.5 Å². The van der Waals surface area contributed by atoms with E-state index in [0.29, 0.717) is 5.92 Å². The summed E-state index contributed by atoms with van der Waals surface area (Å²) >= 11 is 0. The van der Waals surface area contributed by atoms with Crippen LogP contribution in [0, 0.1) is 5.92 Å². The molecule has 1 aromatic rings. The van der Waals surface area contributed by atoms with Gasteiger partial charge in [0.1, 0.15) is 0 Å². The fourth-order valence-corrected chi connectivity index (χ4v) is 2.21. The molecule has 0 saturated carbocycles. The number of aromatic nitrogens is 2. The zero-order valence-corrected chi connectivity index (χ0v) is 9.22. The SMILES string of the molecule is Cn1nccc1C(N)CC1CCOCC1. The van der Waals surface area contributed by atoms with Gasteiger partial charge in [-0.15, -0.1) is 0 Å². The highest BCUT2D eigenvalue weighted by Gasteiger charge is 2.19. The van der Waals surface area contributed by atoms with Gasteiger partial charge in [-0.05, 0) is 31.2 Å².